The Hall–Kier alpha value is -1.79. The largest absolute Gasteiger partial charge is 0.435 e. The second-order valence-electron chi connectivity index (χ2n) is 4.22. The fourth-order valence-corrected chi connectivity index (χ4v) is 2.11. The average Bonchev–Trinajstić information content (AvgIpc) is 2.41. The third kappa shape index (κ3) is 3.65. The molecule has 2 rings (SSSR count). The van der Waals surface area contributed by atoms with Gasteiger partial charge in [-0.2, -0.15) is 8.78 Å². The van der Waals surface area contributed by atoms with Crippen LogP contribution in [0.2, 0.25) is 5.02 Å². The molecule has 1 unspecified atom stereocenters. The molecule has 0 bridgehead atoms. The number of nitrogens with two attached hydrogens (primary N) is 1. The van der Waals surface area contributed by atoms with Gasteiger partial charge in [-0.1, -0.05) is 23.7 Å². The highest BCUT2D eigenvalue weighted by Crippen LogP contribution is 2.30. The van der Waals surface area contributed by atoms with E-state index in [1.807, 2.05) is 0 Å². The lowest BCUT2D eigenvalue weighted by molar-refractivity contribution is -0.0498. The first-order valence-corrected chi connectivity index (χ1v) is 6.21. The van der Waals surface area contributed by atoms with Crippen LogP contribution in [0.25, 0.3) is 0 Å². The van der Waals surface area contributed by atoms with E-state index in [2.05, 4.69) is 4.74 Å². The molecule has 0 fully saturated rings. The van der Waals surface area contributed by atoms with Crippen molar-refractivity contribution < 1.29 is 22.3 Å². The third-order valence-corrected chi connectivity index (χ3v) is 3.14. The van der Waals surface area contributed by atoms with Crippen LogP contribution < -0.4 is 10.5 Å². The fourth-order valence-electron chi connectivity index (χ4n) is 1.84. The normalized spacial score (nSPS) is 12.5. The van der Waals surface area contributed by atoms with Crippen molar-refractivity contribution in [1.29, 1.82) is 0 Å². The monoisotopic (exact) mass is 319 g/mol. The zero-order valence-electron chi connectivity index (χ0n) is 10.5. The summed E-state index contributed by atoms with van der Waals surface area (Å²) in [6, 6.07) is 6.40. The van der Waals surface area contributed by atoms with Crippen LogP contribution in [0.5, 0.6) is 5.75 Å². The molecule has 0 radical (unpaired) electrons. The van der Waals surface area contributed by atoms with E-state index >= 15 is 0 Å². The Kier molecular flexibility index (Phi) is 4.69. The molecule has 0 aliphatic carbocycles. The average molecular weight is 320 g/mol. The standard InChI is InChI=1S/C14H10ClF4NO/c15-10-6-12(17)11(16)5-9(10)13(20)7-2-1-3-8(4-7)21-14(18)19/h1-6,13-14H,20H2. The SMILES string of the molecule is NC(c1cccc(OC(F)F)c1)c1cc(F)c(F)cc1Cl. The van der Waals surface area contributed by atoms with E-state index in [0.29, 0.717) is 5.56 Å². The highest BCUT2D eigenvalue weighted by molar-refractivity contribution is 6.31. The molecular weight excluding hydrogens is 310 g/mol. The van der Waals surface area contributed by atoms with Crippen LogP contribution in [-0.2, 0) is 0 Å². The zero-order valence-corrected chi connectivity index (χ0v) is 11.3. The molecule has 1 atom stereocenters. The van der Waals surface area contributed by atoms with Crippen LogP contribution in [0.15, 0.2) is 36.4 Å². The summed E-state index contributed by atoms with van der Waals surface area (Å²) < 4.78 is 54.9. The number of ether oxygens (including phenoxy) is 1. The van der Waals surface area contributed by atoms with Gasteiger partial charge in [0, 0.05) is 5.02 Å². The van der Waals surface area contributed by atoms with Gasteiger partial charge in [-0.05, 0) is 35.4 Å². The molecule has 21 heavy (non-hydrogen) atoms. The predicted molar refractivity (Wildman–Crippen MR) is 70.5 cm³/mol. The van der Waals surface area contributed by atoms with Crippen molar-refractivity contribution in [3.8, 4) is 5.75 Å². The summed E-state index contributed by atoms with van der Waals surface area (Å²) >= 11 is 5.83. The molecule has 0 saturated carbocycles. The molecule has 2 aromatic carbocycles. The van der Waals surface area contributed by atoms with E-state index in [1.54, 1.807) is 6.07 Å². The summed E-state index contributed by atoms with van der Waals surface area (Å²) in [7, 11) is 0. The Labute approximate surface area is 123 Å². The number of hydrogen-bond donors (Lipinski definition) is 1. The number of alkyl halides is 2. The molecule has 0 heterocycles. The molecule has 7 heteroatoms. The van der Waals surface area contributed by atoms with Crippen molar-refractivity contribution in [1.82, 2.24) is 0 Å². The highest BCUT2D eigenvalue weighted by Gasteiger charge is 2.17. The van der Waals surface area contributed by atoms with Gasteiger partial charge >= 0.3 is 6.61 Å². The molecule has 0 amide bonds. The van der Waals surface area contributed by atoms with Crippen LogP contribution in [0, 0.1) is 11.6 Å². The summed E-state index contributed by atoms with van der Waals surface area (Å²) in [6.45, 7) is -2.97. The maximum atomic E-state index is 13.3. The summed E-state index contributed by atoms with van der Waals surface area (Å²) in [4.78, 5) is 0. The Morgan fingerprint density at radius 1 is 1.05 bits per heavy atom. The minimum atomic E-state index is -2.97. The van der Waals surface area contributed by atoms with Crippen molar-refractivity contribution in [3.05, 3.63) is 64.2 Å². The number of hydrogen-bond acceptors (Lipinski definition) is 2. The van der Waals surface area contributed by atoms with Crippen LogP contribution in [0.1, 0.15) is 17.2 Å². The summed E-state index contributed by atoms with van der Waals surface area (Å²) in [5, 5.41) is -0.0541. The van der Waals surface area contributed by atoms with Gasteiger partial charge in [-0.25, -0.2) is 8.78 Å². The van der Waals surface area contributed by atoms with Gasteiger partial charge in [-0.15, -0.1) is 0 Å². The maximum Gasteiger partial charge on any atom is 0.387 e. The van der Waals surface area contributed by atoms with Gasteiger partial charge in [0.15, 0.2) is 11.6 Å². The van der Waals surface area contributed by atoms with Crippen LogP contribution in [0.3, 0.4) is 0 Å². The van der Waals surface area contributed by atoms with Gasteiger partial charge in [-0.3, -0.25) is 0 Å². The lowest BCUT2D eigenvalue weighted by Gasteiger charge is -2.16. The van der Waals surface area contributed by atoms with E-state index in [4.69, 9.17) is 17.3 Å². The molecule has 0 spiro atoms. The Morgan fingerprint density at radius 3 is 2.38 bits per heavy atom. The minimum absolute atomic E-state index is 0.0541. The third-order valence-electron chi connectivity index (χ3n) is 2.82. The maximum absolute atomic E-state index is 13.3. The first-order valence-electron chi connectivity index (χ1n) is 5.83. The second kappa shape index (κ2) is 6.32. The highest BCUT2D eigenvalue weighted by atomic mass is 35.5. The van der Waals surface area contributed by atoms with Crippen molar-refractivity contribution in [2.75, 3.05) is 0 Å². The second-order valence-corrected chi connectivity index (χ2v) is 4.62. The van der Waals surface area contributed by atoms with E-state index in [-0.39, 0.29) is 16.3 Å². The Balaban J connectivity index is 2.36. The molecule has 0 aliphatic rings. The van der Waals surface area contributed by atoms with Crippen molar-refractivity contribution in [2.24, 2.45) is 5.73 Å². The van der Waals surface area contributed by atoms with E-state index in [0.717, 1.165) is 12.1 Å². The molecule has 112 valence electrons. The quantitative estimate of drug-likeness (QED) is 0.675. The molecule has 2 N–H and O–H groups in total. The van der Waals surface area contributed by atoms with Crippen LogP contribution >= 0.6 is 11.6 Å². The first-order chi connectivity index (χ1) is 9.88. The molecule has 2 nitrogen and oxygen atoms in total. The first kappa shape index (κ1) is 15.6. The summed E-state index contributed by atoms with van der Waals surface area (Å²) in [5.74, 6) is -2.27. The van der Waals surface area contributed by atoms with Gasteiger partial charge in [0.2, 0.25) is 0 Å². The summed E-state index contributed by atoms with van der Waals surface area (Å²) in [5.41, 5.74) is 6.44. The number of benzene rings is 2. The fraction of sp³-hybridized carbons (Fsp3) is 0.143. The van der Waals surface area contributed by atoms with Crippen molar-refractivity contribution in [2.45, 2.75) is 12.7 Å². The molecule has 2 aromatic rings. The lowest BCUT2D eigenvalue weighted by atomic mass is 9.99. The van der Waals surface area contributed by atoms with Gasteiger partial charge in [0.05, 0.1) is 6.04 Å². The number of halogens is 5. The molecule has 0 aliphatic heterocycles. The Bertz CT molecular complexity index is 651. The van der Waals surface area contributed by atoms with E-state index < -0.39 is 24.3 Å². The molecule has 0 aromatic heterocycles. The van der Waals surface area contributed by atoms with Crippen molar-refractivity contribution >= 4 is 11.6 Å². The smallest absolute Gasteiger partial charge is 0.387 e. The van der Waals surface area contributed by atoms with Crippen LogP contribution in [-0.4, -0.2) is 6.61 Å². The topological polar surface area (TPSA) is 35.2 Å². The zero-order chi connectivity index (χ0) is 15.6. The van der Waals surface area contributed by atoms with E-state index in [1.165, 1.54) is 18.2 Å². The van der Waals surface area contributed by atoms with Gasteiger partial charge in [0.1, 0.15) is 5.75 Å². The Morgan fingerprint density at radius 2 is 1.71 bits per heavy atom. The predicted octanol–water partition coefficient (Wildman–Crippen LogP) is 4.27. The van der Waals surface area contributed by atoms with Gasteiger partial charge in [0.25, 0.3) is 0 Å². The van der Waals surface area contributed by atoms with E-state index in [9.17, 15) is 17.6 Å². The molecule has 0 saturated heterocycles. The van der Waals surface area contributed by atoms with Gasteiger partial charge < -0.3 is 10.5 Å². The number of rotatable bonds is 4. The van der Waals surface area contributed by atoms with Crippen LogP contribution in [0.4, 0.5) is 17.6 Å². The minimum Gasteiger partial charge on any atom is -0.435 e. The van der Waals surface area contributed by atoms with Crippen molar-refractivity contribution in [3.63, 3.8) is 0 Å². The summed E-state index contributed by atoms with van der Waals surface area (Å²) in [6.07, 6.45) is 0. The molecular formula is C14H10ClF4NO. The lowest BCUT2D eigenvalue weighted by Crippen LogP contribution is -2.13.